The molecule has 0 saturated carbocycles. The van der Waals surface area contributed by atoms with Gasteiger partial charge in [-0.05, 0) is 63.1 Å². The minimum atomic E-state index is -3.71. The van der Waals surface area contributed by atoms with E-state index in [1.807, 2.05) is 0 Å². The summed E-state index contributed by atoms with van der Waals surface area (Å²) in [5.41, 5.74) is 1.04. The van der Waals surface area contributed by atoms with Gasteiger partial charge in [0.2, 0.25) is 10.0 Å². The molecule has 1 aromatic carbocycles. The fourth-order valence-corrected chi connectivity index (χ4v) is 5.74. The lowest BCUT2D eigenvalue weighted by Crippen LogP contribution is -2.43. The van der Waals surface area contributed by atoms with E-state index < -0.39 is 14.9 Å². The molecule has 0 amide bonds. The van der Waals surface area contributed by atoms with Crippen LogP contribution in [0.5, 0.6) is 0 Å². The van der Waals surface area contributed by atoms with Crippen LogP contribution in [0, 0.1) is 29.9 Å². The molecule has 1 atom stereocenters. The Bertz CT molecular complexity index is 764. The number of benzene rings is 1. The maximum atomic E-state index is 13.1. The fourth-order valence-electron chi connectivity index (χ4n) is 3.95. The number of nitrogens with one attached hydrogen (secondary N) is 1. The second-order valence-corrected chi connectivity index (χ2v) is 8.99. The van der Waals surface area contributed by atoms with Crippen LogP contribution >= 0.6 is 0 Å². The molecule has 2 fully saturated rings. The van der Waals surface area contributed by atoms with E-state index in [0.29, 0.717) is 36.2 Å². The van der Waals surface area contributed by atoms with Crippen LogP contribution in [-0.2, 0) is 10.0 Å². The van der Waals surface area contributed by atoms with Crippen molar-refractivity contribution < 1.29 is 13.3 Å². The molecule has 2 aliphatic heterocycles. The number of sulfonamides is 1. The summed E-state index contributed by atoms with van der Waals surface area (Å²) in [5, 5.41) is 14.6. The molecule has 138 valence electrons. The summed E-state index contributed by atoms with van der Waals surface area (Å²) < 4.78 is 27.6. The van der Waals surface area contributed by atoms with Crippen LogP contribution in [0.15, 0.2) is 17.0 Å². The highest BCUT2D eigenvalue weighted by molar-refractivity contribution is 7.89. The average molecular weight is 367 g/mol. The first-order chi connectivity index (χ1) is 11.8. The maximum absolute atomic E-state index is 13.1. The van der Waals surface area contributed by atoms with Gasteiger partial charge in [-0.25, -0.2) is 8.42 Å². The zero-order valence-electron chi connectivity index (χ0n) is 14.7. The topological polar surface area (TPSA) is 92.5 Å². The monoisotopic (exact) mass is 367 g/mol. The van der Waals surface area contributed by atoms with Crippen molar-refractivity contribution in [2.24, 2.45) is 5.92 Å². The van der Waals surface area contributed by atoms with E-state index in [-0.39, 0.29) is 10.6 Å². The molecule has 7 nitrogen and oxygen atoms in total. The van der Waals surface area contributed by atoms with Crippen LogP contribution < -0.4 is 5.32 Å². The van der Waals surface area contributed by atoms with E-state index in [4.69, 9.17) is 0 Å². The lowest BCUT2D eigenvalue weighted by Gasteiger charge is -2.34. The molecule has 0 spiro atoms. The van der Waals surface area contributed by atoms with Gasteiger partial charge in [-0.3, -0.25) is 10.1 Å². The van der Waals surface area contributed by atoms with Gasteiger partial charge >= 0.3 is 0 Å². The van der Waals surface area contributed by atoms with Crippen LogP contribution in [0.1, 0.15) is 36.8 Å². The molecule has 2 heterocycles. The summed E-state index contributed by atoms with van der Waals surface area (Å²) in [5.74, 6) is 0.516. The largest absolute Gasteiger partial charge is 0.314 e. The SMILES string of the molecule is Cc1cc([N+](=O)[O-])cc(S(=O)(=O)N2CCC(C3CCCN3)CC2)c1C. The van der Waals surface area contributed by atoms with Crippen molar-refractivity contribution in [2.75, 3.05) is 19.6 Å². The second-order valence-electron chi connectivity index (χ2n) is 7.09. The molecule has 0 radical (unpaired) electrons. The van der Waals surface area contributed by atoms with Crippen molar-refractivity contribution in [3.63, 3.8) is 0 Å². The van der Waals surface area contributed by atoms with Crippen LogP contribution in [0.4, 0.5) is 5.69 Å². The molecule has 2 aliphatic rings. The van der Waals surface area contributed by atoms with Gasteiger partial charge in [0.1, 0.15) is 0 Å². The highest BCUT2D eigenvalue weighted by atomic mass is 32.2. The number of non-ortho nitro benzene ring substituents is 1. The van der Waals surface area contributed by atoms with Crippen molar-refractivity contribution >= 4 is 15.7 Å². The third-order valence-corrected chi connectivity index (χ3v) is 7.62. The van der Waals surface area contributed by atoms with E-state index in [2.05, 4.69) is 5.32 Å². The van der Waals surface area contributed by atoms with Crippen LogP contribution in [0.3, 0.4) is 0 Å². The number of aryl methyl sites for hydroxylation is 1. The summed E-state index contributed by atoms with van der Waals surface area (Å²) in [6.07, 6.45) is 4.03. The first kappa shape index (κ1) is 18.3. The van der Waals surface area contributed by atoms with Crippen molar-refractivity contribution in [3.05, 3.63) is 33.4 Å². The normalized spacial score (nSPS) is 23.0. The number of nitro benzene ring substituents is 1. The molecular weight excluding hydrogens is 342 g/mol. The first-order valence-corrected chi connectivity index (χ1v) is 10.2. The third-order valence-electron chi connectivity index (χ3n) is 5.60. The number of nitrogens with zero attached hydrogens (tertiary/aromatic N) is 2. The van der Waals surface area contributed by atoms with E-state index >= 15 is 0 Å². The van der Waals surface area contributed by atoms with Gasteiger partial charge in [0, 0.05) is 31.3 Å². The molecule has 8 heteroatoms. The summed E-state index contributed by atoms with van der Waals surface area (Å²) >= 11 is 0. The van der Waals surface area contributed by atoms with E-state index in [1.54, 1.807) is 13.8 Å². The Balaban J connectivity index is 1.82. The summed E-state index contributed by atoms with van der Waals surface area (Å²) in [4.78, 5) is 10.6. The van der Waals surface area contributed by atoms with E-state index in [9.17, 15) is 18.5 Å². The Morgan fingerprint density at radius 2 is 1.88 bits per heavy atom. The second kappa shape index (κ2) is 7.01. The average Bonchev–Trinajstić information content (AvgIpc) is 3.11. The predicted molar refractivity (Wildman–Crippen MR) is 95.1 cm³/mol. The smallest absolute Gasteiger partial charge is 0.271 e. The molecular formula is C17H25N3O4S. The van der Waals surface area contributed by atoms with E-state index in [1.165, 1.54) is 29.3 Å². The number of hydrogen-bond acceptors (Lipinski definition) is 5. The highest BCUT2D eigenvalue weighted by Crippen LogP contribution is 2.32. The van der Waals surface area contributed by atoms with Gasteiger partial charge < -0.3 is 5.32 Å². The number of piperidine rings is 1. The molecule has 0 aliphatic carbocycles. The molecule has 1 N–H and O–H groups in total. The Morgan fingerprint density at radius 1 is 1.20 bits per heavy atom. The standard InChI is InChI=1S/C17H25N3O4S/c1-12-10-15(20(21)22)11-17(13(12)2)25(23,24)19-8-5-14(6-9-19)16-4-3-7-18-16/h10-11,14,16,18H,3-9H2,1-2H3. The highest BCUT2D eigenvalue weighted by Gasteiger charge is 2.35. The minimum Gasteiger partial charge on any atom is -0.314 e. The Kier molecular flexibility index (Phi) is 5.13. The summed E-state index contributed by atoms with van der Waals surface area (Å²) in [7, 11) is -3.71. The number of nitro groups is 1. The molecule has 25 heavy (non-hydrogen) atoms. The maximum Gasteiger partial charge on any atom is 0.271 e. The summed E-state index contributed by atoms with van der Waals surface area (Å²) in [6.45, 7) is 5.43. The lowest BCUT2D eigenvalue weighted by atomic mass is 9.89. The fraction of sp³-hybridized carbons (Fsp3) is 0.647. The first-order valence-electron chi connectivity index (χ1n) is 8.80. The molecule has 0 bridgehead atoms. The van der Waals surface area contributed by atoms with Gasteiger partial charge in [-0.1, -0.05) is 0 Å². The number of rotatable bonds is 4. The minimum absolute atomic E-state index is 0.0663. The molecule has 3 rings (SSSR count). The van der Waals surface area contributed by atoms with Gasteiger partial charge in [0.25, 0.3) is 5.69 Å². The quantitative estimate of drug-likeness (QED) is 0.651. The lowest BCUT2D eigenvalue weighted by molar-refractivity contribution is -0.385. The Labute approximate surface area is 148 Å². The third kappa shape index (κ3) is 3.56. The zero-order valence-corrected chi connectivity index (χ0v) is 15.5. The molecule has 0 aromatic heterocycles. The molecule has 1 unspecified atom stereocenters. The van der Waals surface area contributed by atoms with Gasteiger partial charge in [-0.2, -0.15) is 4.31 Å². The van der Waals surface area contributed by atoms with Crippen molar-refractivity contribution in [2.45, 2.75) is 50.5 Å². The van der Waals surface area contributed by atoms with Gasteiger partial charge in [0.05, 0.1) is 9.82 Å². The van der Waals surface area contributed by atoms with Crippen molar-refractivity contribution in [1.82, 2.24) is 9.62 Å². The van der Waals surface area contributed by atoms with Crippen molar-refractivity contribution in [3.8, 4) is 0 Å². The van der Waals surface area contributed by atoms with Crippen LogP contribution in [0.2, 0.25) is 0 Å². The van der Waals surface area contributed by atoms with Crippen LogP contribution in [0.25, 0.3) is 0 Å². The van der Waals surface area contributed by atoms with E-state index in [0.717, 1.165) is 19.4 Å². The van der Waals surface area contributed by atoms with Gasteiger partial charge in [0.15, 0.2) is 0 Å². The predicted octanol–water partition coefficient (Wildman–Crippen LogP) is 2.36. The summed E-state index contributed by atoms with van der Waals surface area (Å²) in [6, 6.07) is 3.13. The van der Waals surface area contributed by atoms with Crippen molar-refractivity contribution in [1.29, 1.82) is 0 Å². The molecule has 2 saturated heterocycles. The zero-order chi connectivity index (χ0) is 18.2. The number of hydrogen-bond donors (Lipinski definition) is 1. The van der Waals surface area contributed by atoms with Crippen LogP contribution in [-0.4, -0.2) is 43.3 Å². The van der Waals surface area contributed by atoms with Gasteiger partial charge in [-0.15, -0.1) is 0 Å². The Hall–Kier alpha value is -1.51. The Morgan fingerprint density at radius 3 is 2.44 bits per heavy atom. The molecule has 1 aromatic rings.